The quantitative estimate of drug-likeness (QED) is 0.0759. The van der Waals surface area contributed by atoms with E-state index in [9.17, 15) is 9.90 Å². The summed E-state index contributed by atoms with van der Waals surface area (Å²) in [6.07, 6.45) is 3.91. The first kappa shape index (κ1) is 47.2. The monoisotopic (exact) mass is 956 g/mol. The van der Waals surface area contributed by atoms with Crippen LogP contribution in [0.4, 0.5) is 0 Å². The molecule has 0 atom stereocenters. The van der Waals surface area contributed by atoms with E-state index in [2.05, 4.69) is 232 Å². The molecule has 10 aromatic carbocycles. The van der Waals surface area contributed by atoms with Crippen molar-refractivity contribution in [3.05, 3.63) is 363 Å². The van der Waals surface area contributed by atoms with E-state index in [-0.39, 0.29) is 29.5 Å². The lowest BCUT2D eigenvalue weighted by Gasteiger charge is -2.28. The van der Waals surface area contributed by atoms with Gasteiger partial charge in [0.2, 0.25) is 0 Å². The van der Waals surface area contributed by atoms with Crippen LogP contribution in [-0.4, -0.2) is 10.5 Å². The van der Waals surface area contributed by atoms with Crippen molar-refractivity contribution in [2.24, 2.45) is 0 Å². The van der Waals surface area contributed by atoms with Crippen molar-refractivity contribution >= 4 is 5.97 Å². The number of rotatable bonds is 15. The Labute approximate surface area is 434 Å². The van der Waals surface area contributed by atoms with Crippen molar-refractivity contribution in [1.29, 1.82) is 0 Å². The van der Waals surface area contributed by atoms with Gasteiger partial charge in [0.1, 0.15) is 23.8 Å². The molecule has 4 heteroatoms. The van der Waals surface area contributed by atoms with Gasteiger partial charge in [-0.1, -0.05) is 278 Å². The summed E-state index contributed by atoms with van der Waals surface area (Å²) in [6.45, 7) is 4.30. The summed E-state index contributed by atoms with van der Waals surface area (Å²) < 4.78 is 3.84. The Hall–Kier alpha value is -9.12. The predicted molar refractivity (Wildman–Crippen MR) is 296 cm³/mol. The van der Waals surface area contributed by atoms with Crippen molar-refractivity contribution in [3.8, 4) is 11.4 Å². The number of benzene rings is 10. The molecule has 0 bridgehead atoms. The Bertz CT molecular complexity index is 3040. The number of nitrogens with zero attached hydrogens (tertiary/aromatic N) is 2. The van der Waals surface area contributed by atoms with Gasteiger partial charge in [-0.2, -0.15) is 9.13 Å². The van der Waals surface area contributed by atoms with E-state index in [1.54, 1.807) is 0 Å². The number of aryl methyl sites for hydroxylation is 2. The van der Waals surface area contributed by atoms with Gasteiger partial charge < -0.3 is 9.90 Å². The molecule has 1 aromatic heterocycles. The Kier molecular flexibility index (Phi) is 13.6. The highest BCUT2D eigenvalue weighted by molar-refractivity contribution is 5.82. The molecule has 0 saturated heterocycles. The van der Waals surface area contributed by atoms with Crippen molar-refractivity contribution in [3.63, 3.8) is 0 Å². The topological polar surface area (TPSA) is 48.9 Å². The maximum absolute atomic E-state index is 14.9. The minimum atomic E-state index is -1.30. The molecule has 0 N–H and O–H groups in total. The van der Waals surface area contributed by atoms with Crippen LogP contribution in [0.1, 0.15) is 112 Å². The van der Waals surface area contributed by atoms with Crippen molar-refractivity contribution in [1.82, 2.24) is 4.57 Å². The zero-order chi connectivity index (χ0) is 50.4. The molecule has 0 fully saturated rings. The smallest absolute Gasteiger partial charge is 0.315 e. The first-order valence-electron chi connectivity index (χ1n) is 25.5. The Morgan fingerprint density at radius 1 is 0.365 bits per heavy atom. The SMILES string of the molecule is Cc1cc(C(c2ccccc2)c2ccccc2)c(-n2cc[n+](-c3c(C(c4ccccc4)c4ccccc4)cc(C)cc3C(c3ccccc3)c3ccccc3)c2C(=O)[O-])c(C(c2ccccc2)c2ccccc2)c1. The maximum Gasteiger partial charge on any atom is 0.315 e. The number of carbonyl (C=O) groups excluding carboxylic acids is 1. The molecule has 0 amide bonds. The fourth-order valence-electron chi connectivity index (χ4n) is 11.4. The molecule has 0 spiro atoms. The van der Waals surface area contributed by atoms with Crippen molar-refractivity contribution < 1.29 is 14.5 Å². The highest BCUT2D eigenvalue weighted by Crippen LogP contribution is 2.45. The molecule has 74 heavy (non-hydrogen) atoms. The highest BCUT2D eigenvalue weighted by Gasteiger charge is 2.37. The van der Waals surface area contributed by atoms with Gasteiger partial charge in [0.25, 0.3) is 0 Å². The lowest BCUT2D eigenvalue weighted by molar-refractivity contribution is -0.602. The van der Waals surface area contributed by atoms with E-state index in [1.165, 1.54) is 0 Å². The molecule has 0 aliphatic rings. The number of carboxylic acid groups (broad SMARTS) is 1. The minimum Gasteiger partial charge on any atom is -0.538 e. The summed E-state index contributed by atoms with van der Waals surface area (Å²) in [6, 6.07) is 93.6. The first-order chi connectivity index (χ1) is 36.4. The number of hydrogen-bond acceptors (Lipinski definition) is 2. The van der Waals surface area contributed by atoms with Crippen LogP contribution in [0, 0.1) is 13.8 Å². The molecule has 0 radical (unpaired) electrons. The van der Waals surface area contributed by atoms with Crippen LogP contribution >= 0.6 is 0 Å². The minimum absolute atomic E-state index is 0.00204. The van der Waals surface area contributed by atoms with Crippen LogP contribution in [-0.2, 0) is 0 Å². The van der Waals surface area contributed by atoms with Crippen LogP contribution in [0.5, 0.6) is 0 Å². The van der Waals surface area contributed by atoms with Gasteiger partial charge in [-0.25, -0.2) is 0 Å². The molecule has 358 valence electrons. The molecule has 0 unspecified atom stereocenters. The molecule has 0 aliphatic heterocycles. The van der Waals surface area contributed by atoms with Crippen molar-refractivity contribution in [2.75, 3.05) is 0 Å². The number of carboxylic acids is 1. The second-order valence-corrected chi connectivity index (χ2v) is 19.3. The van der Waals surface area contributed by atoms with E-state index in [1.807, 2.05) is 70.1 Å². The molecular formula is C70H56N2O2. The largest absolute Gasteiger partial charge is 0.538 e. The van der Waals surface area contributed by atoms with Gasteiger partial charge in [-0.05, 0) is 58.4 Å². The zero-order valence-electron chi connectivity index (χ0n) is 41.6. The summed E-state index contributed by atoms with van der Waals surface area (Å²) in [5, 5.41) is 14.9. The molecule has 4 nitrogen and oxygen atoms in total. The molecular weight excluding hydrogens is 901 g/mol. The number of carbonyl (C=O) groups is 1. The van der Waals surface area contributed by atoms with E-state index in [0.29, 0.717) is 0 Å². The second kappa shape index (κ2) is 21.3. The summed E-state index contributed by atoms with van der Waals surface area (Å²) in [5.41, 5.74) is 16.3. The highest BCUT2D eigenvalue weighted by atomic mass is 16.4. The third kappa shape index (κ3) is 9.42. The molecule has 0 aliphatic carbocycles. The predicted octanol–water partition coefficient (Wildman–Crippen LogP) is 14.5. The molecule has 1 heterocycles. The second-order valence-electron chi connectivity index (χ2n) is 19.3. The van der Waals surface area contributed by atoms with Crippen LogP contribution < -0.4 is 9.67 Å². The van der Waals surface area contributed by atoms with Crippen molar-refractivity contribution in [2.45, 2.75) is 37.5 Å². The summed E-state index contributed by atoms with van der Waals surface area (Å²) >= 11 is 0. The number of aromatic nitrogens is 2. The van der Waals surface area contributed by atoms with E-state index in [4.69, 9.17) is 0 Å². The van der Waals surface area contributed by atoms with Gasteiger partial charge in [0.05, 0.1) is 0 Å². The number of imidazole rings is 1. The molecule has 11 rings (SSSR count). The van der Waals surface area contributed by atoms with Gasteiger partial charge in [-0.3, -0.25) is 0 Å². The van der Waals surface area contributed by atoms with E-state index >= 15 is 0 Å². The number of aromatic carboxylic acids is 1. The van der Waals surface area contributed by atoms with Gasteiger partial charge in [-0.15, -0.1) is 0 Å². The van der Waals surface area contributed by atoms with E-state index < -0.39 is 5.97 Å². The fraction of sp³-hybridized carbons (Fsp3) is 0.0857. The van der Waals surface area contributed by atoms with Gasteiger partial charge in [0.15, 0.2) is 5.97 Å². The van der Waals surface area contributed by atoms with Crippen LogP contribution in [0.2, 0.25) is 0 Å². The summed E-state index contributed by atoms with van der Waals surface area (Å²) in [5.74, 6) is -2.43. The zero-order valence-corrected chi connectivity index (χ0v) is 41.6. The lowest BCUT2D eigenvalue weighted by Crippen LogP contribution is -2.44. The maximum atomic E-state index is 14.9. The average molecular weight is 957 g/mol. The average Bonchev–Trinajstić information content (AvgIpc) is 3.88. The van der Waals surface area contributed by atoms with Crippen LogP contribution in [0.3, 0.4) is 0 Å². The third-order valence-corrected chi connectivity index (χ3v) is 14.4. The summed E-state index contributed by atoms with van der Waals surface area (Å²) in [4.78, 5) is 14.9. The fourth-order valence-corrected chi connectivity index (χ4v) is 11.4. The van der Waals surface area contributed by atoms with Crippen LogP contribution in [0.25, 0.3) is 11.4 Å². The standard InChI is InChI=1S/C70H56N2O2/c1-49-45-59(63(51-27-11-3-12-28-51)52-29-13-4-14-30-52)67(60(46-49)64(53-31-15-5-16-32-53)54-33-17-6-18-34-54)71-43-44-72(69(71)70(73)74)68-61(65(55-35-19-7-20-36-55)56-37-21-8-22-38-56)47-50(2)48-62(68)66(57-39-23-9-24-40-57)58-41-25-10-26-42-58/h3-48,63-66H,1-2H3. The van der Waals surface area contributed by atoms with Gasteiger partial charge in [0, 0.05) is 45.9 Å². The number of hydrogen-bond donors (Lipinski definition) is 0. The van der Waals surface area contributed by atoms with E-state index in [0.717, 1.165) is 89.3 Å². The Morgan fingerprint density at radius 2 is 0.595 bits per heavy atom. The normalized spacial score (nSPS) is 11.4. The first-order valence-corrected chi connectivity index (χ1v) is 25.5. The van der Waals surface area contributed by atoms with Crippen LogP contribution in [0.15, 0.2) is 279 Å². The Balaban J connectivity index is 1.29. The Morgan fingerprint density at radius 3 is 0.838 bits per heavy atom. The van der Waals surface area contributed by atoms with Gasteiger partial charge >= 0.3 is 5.82 Å². The third-order valence-electron chi connectivity index (χ3n) is 14.4. The summed E-state index contributed by atoms with van der Waals surface area (Å²) in [7, 11) is 0. The molecule has 0 saturated carbocycles. The lowest BCUT2D eigenvalue weighted by atomic mass is 9.78. The molecule has 11 aromatic rings.